The van der Waals surface area contributed by atoms with Crippen molar-refractivity contribution in [2.75, 3.05) is 25.4 Å². The smallest absolute Gasteiger partial charge is 0.342 e. The van der Waals surface area contributed by atoms with Crippen LogP contribution in [0.15, 0.2) is 22.7 Å². The minimum atomic E-state index is -2.01. The first-order valence-corrected chi connectivity index (χ1v) is 16.6. The lowest BCUT2D eigenvalue weighted by atomic mass is 9.90. The highest BCUT2D eigenvalue weighted by molar-refractivity contribution is 8.02. The minimum Gasteiger partial charge on any atom is -0.504 e. The number of oxime groups is 1. The number of halogens is 1. The third kappa shape index (κ3) is 5.68. The molecule has 21 heteroatoms. The summed E-state index contributed by atoms with van der Waals surface area (Å²) in [5.41, 5.74) is 6.09. The van der Waals surface area contributed by atoms with Crippen molar-refractivity contribution in [1.29, 1.82) is 0 Å². The number of aromatic nitrogens is 1. The van der Waals surface area contributed by atoms with E-state index in [1.807, 2.05) is 0 Å². The van der Waals surface area contributed by atoms with Gasteiger partial charge in [0.2, 0.25) is 10.8 Å². The number of nitrogens with one attached hydrogen (secondary N) is 1. The number of hydrazine groups is 1. The molecule has 3 atom stereocenters. The number of nitrogens with two attached hydrogens (primary N) is 1. The molecular weight excluding hydrogens is 710 g/mol. The highest BCUT2D eigenvalue weighted by Gasteiger charge is 2.66. The van der Waals surface area contributed by atoms with Crippen molar-refractivity contribution in [2.45, 2.75) is 42.0 Å². The summed E-state index contributed by atoms with van der Waals surface area (Å²) in [6.07, 6.45) is 0.425. The van der Waals surface area contributed by atoms with E-state index < -0.39 is 92.2 Å². The summed E-state index contributed by atoms with van der Waals surface area (Å²) in [5.74, 6) is -7.95. The number of hydrogen-bond donors (Lipinski definition) is 5. The number of β-lactam (4-membered cyclic amide) rings is 1. The van der Waals surface area contributed by atoms with Crippen LogP contribution < -0.4 is 11.2 Å². The number of rotatable bonds is 12. The van der Waals surface area contributed by atoms with Crippen LogP contribution in [-0.4, -0.2) is 117 Å². The number of anilines is 1. The first kappa shape index (κ1) is 33.9. The maximum Gasteiger partial charge on any atom is 0.342 e. The van der Waals surface area contributed by atoms with Gasteiger partial charge in [-0.15, -0.1) is 11.3 Å². The molecule has 18 nitrogen and oxygen atoms in total. The Bertz CT molecular complexity index is 1880. The number of amides is 4. The van der Waals surface area contributed by atoms with Gasteiger partial charge in [0.1, 0.15) is 5.69 Å². The summed E-state index contributed by atoms with van der Waals surface area (Å²) >= 11 is 7.69. The van der Waals surface area contributed by atoms with Crippen molar-refractivity contribution in [3.63, 3.8) is 0 Å². The molecule has 4 amide bonds. The molecule has 3 saturated heterocycles. The average molecular weight is 736 g/mol. The molecule has 0 unspecified atom stereocenters. The van der Waals surface area contributed by atoms with Crippen LogP contribution in [0.1, 0.15) is 42.2 Å². The van der Waals surface area contributed by atoms with Gasteiger partial charge in [0.25, 0.3) is 5.78 Å². The number of hydrogen-bond acceptors (Lipinski definition) is 15. The summed E-state index contributed by atoms with van der Waals surface area (Å²) in [6, 6.07) is 0.960. The number of thioether (sulfide) groups is 1. The molecule has 0 spiro atoms. The van der Waals surface area contributed by atoms with Crippen molar-refractivity contribution in [3.8, 4) is 11.5 Å². The highest BCUT2D eigenvalue weighted by Crippen LogP contribution is 2.53. The number of benzene rings is 1. The third-order valence-corrected chi connectivity index (χ3v) is 11.4. The average Bonchev–Trinajstić information content (AvgIpc) is 3.40. The van der Waals surface area contributed by atoms with Gasteiger partial charge in [-0.1, -0.05) is 28.5 Å². The van der Waals surface area contributed by atoms with E-state index in [4.69, 9.17) is 22.2 Å². The van der Waals surface area contributed by atoms with Gasteiger partial charge in [-0.05, 0) is 19.1 Å². The van der Waals surface area contributed by atoms with Crippen molar-refractivity contribution in [1.82, 2.24) is 25.2 Å². The van der Waals surface area contributed by atoms with E-state index >= 15 is 0 Å². The number of phenolic OH excluding ortho intramolecular Hbond substituents is 2. The maximum atomic E-state index is 13.5. The highest BCUT2D eigenvalue weighted by atomic mass is 35.5. The van der Waals surface area contributed by atoms with E-state index in [-0.39, 0.29) is 35.4 Å². The summed E-state index contributed by atoms with van der Waals surface area (Å²) in [7, 11) is 0. The topological polar surface area (TPSA) is 262 Å². The number of aliphatic carboxylic acids is 1. The second kappa shape index (κ2) is 12.2. The second-order valence-electron chi connectivity index (χ2n) is 11.6. The van der Waals surface area contributed by atoms with Gasteiger partial charge in [-0.2, -0.15) is 0 Å². The maximum absolute atomic E-state index is 13.5. The van der Waals surface area contributed by atoms with E-state index in [2.05, 4.69) is 15.6 Å². The Morgan fingerprint density at radius 3 is 2.51 bits per heavy atom. The standard InChI is InChI=1S/C28H26ClN7O11S2/c1-11(37)27(4-5-27)47-33-18(14-9-48-25(30)31-14)16(39)8-13-22(43)34-10-28(24(44)45,49-23(13)34)35-6-7-36(26(35)46)32-21(42)19(40)12-2-3-15(38)20(41)17(12)29/h2-3,9,13,23,38,41H,4-8,10H2,1H3,(H2,30,31)(H,32,42)(H,44,45)/b33-18-/t13-,23-,28-/m1/s1. The van der Waals surface area contributed by atoms with Gasteiger partial charge in [0.15, 0.2) is 39.5 Å². The van der Waals surface area contributed by atoms with Crippen LogP contribution in [0.4, 0.5) is 9.93 Å². The lowest BCUT2D eigenvalue weighted by molar-refractivity contribution is -0.154. The van der Waals surface area contributed by atoms with Crippen LogP contribution in [0.5, 0.6) is 11.5 Å². The Morgan fingerprint density at radius 2 is 1.90 bits per heavy atom. The molecule has 0 bridgehead atoms. The number of ketones is 3. The molecule has 4 fully saturated rings. The van der Waals surface area contributed by atoms with Crippen molar-refractivity contribution in [2.24, 2.45) is 11.1 Å². The SMILES string of the molecule is CC(=O)C1(O/N=C(\C(=O)C[C@@H]2C(=O)N3C[C@@](C(=O)O)(N4CCN(NC(=O)C(=O)c5ccc(O)c(O)c5Cl)C4=O)S[C@H]23)c2csc(N)n2)CC1. The molecule has 1 aromatic heterocycles. The Hall–Kier alpha value is -4.95. The largest absolute Gasteiger partial charge is 0.504 e. The molecule has 1 saturated carbocycles. The van der Waals surface area contributed by atoms with Crippen LogP contribution in [0.2, 0.25) is 5.02 Å². The Balaban J connectivity index is 1.15. The van der Waals surface area contributed by atoms with Crippen LogP contribution in [0.25, 0.3) is 0 Å². The third-order valence-electron chi connectivity index (χ3n) is 8.60. The van der Waals surface area contributed by atoms with Gasteiger partial charge >= 0.3 is 17.9 Å². The number of carboxylic acid groups (broad SMARTS) is 1. The molecule has 1 aromatic carbocycles. The lowest BCUT2D eigenvalue weighted by Crippen LogP contribution is -2.60. The summed E-state index contributed by atoms with van der Waals surface area (Å²) < 4.78 is 0. The minimum absolute atomic E-state index is 0.0854. The quantitative estimate of drug-likeness (QED) is 0.0498. The zero-order valence-corrected chi connectivity index (χ0v) is 27.6. The number of thiazole rings is 1. The fraction of sp³-hybridized carbons (Fsp3) is 0.393. The number of aromatic hydroxyl groups is 2. The number of Topliss-reactive ketones (excluding diaryl/α,β-unsaturated/α-hetero) is 3. The molecule has 6 N–H and O–H groups in total. The summed E-state index contributed by atoms with van der Waals surface area (Å²) in [4.78, 5) is 100. The Morgan fingerprint density at radius 1 is 1.18 bits per heavy atom. The normalized spacial score (nSPS) is 24.0. The van der Waals surface area contributed by atoms with Crippen LogP contribution in [0, 0.1) is 5.92 Å². The lowest BCUT2D eigenvalue weighted by Gasteiger charge is -2.40. The van der Waals surface area contributed by atoms with Crippen molar-refractivity contribution >= 4 is 86.7 Å². The number of carbonyl (C=O) groups excluding carboxylic acids is 6. The zero-order valence-electron chi connectivity index (χ0n) is 25.2. The molecular formula is C28H26ClN7O11S2. The fourth-order valence-corrected chi connectivity index (χ4v) is 8.12. The molecule has 3 aliphatic heterocycles. The summed E-state index contributed by atoms with van der Waals surface area (Å²) in [6.45, 7) is 0.463. The van der Waals surface area contributed by atoms with Crippen LogP contribution in [0.3, 0.4) is 0 Å². The summed E-state index contributed by atoms with van der Waals surface area (Å²) in [5, 5.41) is 34.6. The second-order valence-corrected chi connectivity index (χ2v) is 14.3. The van der Waals surface area contributed by atoms with E-state index in [0.29, 0.717) is 12.8 Å². The Labute approximate surface area is 288 Å². The molecule has 4 heterocycles. The van der Waals surface area contributed by atoms with Crippen LogP contribution in [-0.2, 0) is 28.8 Å². The van der Waals surface area contributed by atoms with Gasteiger partial charge in [0, 0.05) is 31.2 Å². The number of carboxylic acids is 1. The fourth-order valence-electron chi connectivity index (χ4n) is 5.64. The number of nitrogens with zero attached hydrogens (tertiary/aromatic N) is 5. The monoisotopic (exact) mass is 735 g/mol. The predicted molar refractivity (Wildman–Crippen MR) is 169 cm³/mol. The van der Waals surface area contributed by atoms with E-state index in [9.17, 15) is 48.9 Å². The van der Waals surface area contributed by atoms with Gasteiger partial charge < -0.3 is 30.8 Å². The van der Waals surface area contributed by atoms with Crippen LogP contribution >= 0.6 is 34.7 Å². The molecule has 49 heavy (non-hydrogen) atoms. The van der Waals surface area contributed by atoms with E-state index in [1.54, 1.807) is 0 Å². The van der Waals surface area contributed by atoms with Gasteiger partial charge in [0.05, 0.1) is 35.0 Å². The van der Waals surface area contributed by atoms with Gasteiger partial charge in [-0.25, -0.2) is 19.6 Å². The molecule has 1 aliphatic carbocycles. The first-order chi connectivity index (χ1) is 23.1. The molecule has 6 rings (SSSR count). The number of carbonyl (C=O) groups is 7. The number of urea groups is 1. The molecule has 258 valence electrons. The van der Waals surface area contributed by atoms with Crippen molar-refractivity contribution in [3.05, 3.63) is 33.8 Å². The van der Waals surface area contributed by atoms with E-state index in [0.717, 1.165) is 45.1 Å². The number of nitrogen functional groups attached to an aromatic ring is 1. The van der Waals surface area contributed by atoms with Crippen molar-refractivity contribution < 1.29 is 53.7 Å². The first-order valence-electron chi connectivity index (χ1n) is 14.5. The van der Waals surface area contributed by atoms with E-state index in [1.165, 1.54) is 17.2 Å². The zero-order chi connectivity index (χ0) is 35.6. The molecule has 4 aliphatic rings. The predicted octanol–water partition coefficient (Wildman–Crippen LogP) is 0.555. The number of phenols is 2. The number of fused-ring (bicyclic) bond motifs is 1. The molecule has 2 aromatic rings. The molecule has 0 radical (unpaired) electrons. The van der Waals surface area contributed by atoms with Gasteiger partial charge in [-0.3, -0.25) is 34.3 Å². The Kier molecular flexibility index (Phi) is 8.44.